The number of amides is 1. The summed E-state index contributed by atoms with van der Waals surface area (Å²) in [5.41, 5.74) is 12.6. The summed E-state index contributed by atoms with van der Waals surface area (Å²) in [4.78, 5) is 26.0. The third-order valence-corrected chi connectivity index (χ3v) is 5.78. The zero-order valence-electron chi connectivity index (χ0n) is 18.8. The van der Waals surface area contributed by atoms with Crippen molar-refractivity contribution in [1.82, 2.24) is 10.2 Å². The molecule has 0 saturated carbocycles. The normalized spacial score (nSPS) is 19.1. The number of hydrogen-bond acceptors (Lipinski definition) is 5. The molecule has 6 heteroatoms. The van der Waals surface area contributed by atoms with Gasteiger partial charge in [0, 0.05) is 51.6 Å². The van der Waals surface area contributed by atoms with Gasteiger partial charge in [-0.1, -0.05) is 37.8 Å². The number of hydrogen-bond donors (Lipinski definition) is 3. The second-order valence-electron chi connectivity index (χ2n) is 8.53. The fourth-order valence-corrected chi connectivity index (χ4v) is 4.16. The number of unbranched alkanes of at least 4 members (excludes halogenated alkanes) is 4. The molecule has 0 radical (unpaired) electrons. The van der Waals surface area contributed by atoms with Crippen molar-refractivity contribution in [2.75, 3.05) is 39.3 Å². The molecular weight excluding hydrogens is 364 g/mol. The quantitative estimate of drug-likeness (QED) is 0.269. The molecule has 1 aliphatic carbocycles. The highest BCUT2D eigenvalue weighted by Gasteiger charge is 2.22. The van der Waals surface area contributed by atoms with Crippen molar-refractivity contribution in [2.24, 2.45) is 23.3 Å². The van der Waals surface area contributed by atoms with E-state index in [1.54, 1.807) is 6.92 Å². The number of allylic oxidation sites excluding steroid dienone is 2. The summed E-state index contributed by atoms with van der Waals surface area (Å²) in [6.07, 6.45) is 11.7. The maximum atomic E-state index is 12.4. The minimum absolute atomic E-state index is 0.210. The average molecular weight is 409 g/mol. The highest BCUT2D eigenvalue weighted by Crippen LogP contribution is 2.31. The molecule has 5 N–H and O–H groups in total. The molecule has 1 amide bonds. The molecule has 0 aromatic carbocycles. The monoisotopic (exact) mass is 408 g/mol. The fraction of sp³-hybridized carbons (Fsp3) is 0.826. The summed E-state index contributed by atoms with van der Waals surface area (Å²) >= 11 is 0. The van der Waals surface area contributed by atoms with Crippen LogP contribution in [0.15, 0.2) is 11.6 Å². The van der Waals surface area contributed by atoms with E-state index in [1.807, 2.05) is 4.90 Å². The molecule has 0 aromatic heterocycles. The van der Waals surface area contributed by atoms with Crippen molar-refractivity contribution in [2.45, 2.75) is 71.6 Å². The van der Waals surface area contributed by atoms with Crippen LogP contribution in [-0.4, -0.2) is 55.9 Å². The van der Waals surface area contributed by atoms with Crippen LogP contribution in [0.4, 0.5) is 0 Å². The smallest absolute Gasteiger partial charge is 0.222 e. The minimum Gasteiger partial charge on any atom is -0.340 e. The van der Waals surface area contributed by atoms with Gasteiger partial charge in [-0.3, -0.25) is 9.59 Å². The van der Waals surface area contributed by atoms with Gasteiger partial charge in [0.2, 0.25) is 5.91 Å². The highest BCUT2D eigenvalue weighted by molar-refractivity contribution is 5.78. The van der Waals surface area contributed by atoms with Crippen LogP contribution in [0.2, 0.25) is 0 Å². The van der Waals surface area contributed by atoms with Gasteiger partial charge in [0.25, 0.3) is 0 Å². The zero-order chi connectivity index (χ0) is 21.5. The Morgan fingerprint density at radius 3 is 2.48 bits per heavy atom. The number of Topliss-reactive ketones (excluding diaryl/α,β-unsaturated/α-hetero) is 1. The summed E-state index contributed by atoms with van der Waals surface area (Å²) in [5, 5.41) is 3.22. The number of ketones is 1. The van der Waals surface area contributed by atoms with Crippen molar-refractivity contribution in [3.63, 3.8) is 0 Å². The van der Waals surface area contributed by atoms with Gasteiger partial charge in [-0.05, 0) is 44.9 Å². The Bertz CT molecular complexity index is 507. The molecule has 0 fully saturated rings. The van der Waals surface area contributed by atoms with E-state index in [0.717, 1.165) is 45.2 Å². The summed E-state index contributed by atoms with van der Waals surface area (Å²) in [6.45, 7) is 7.92. The van der Waals surface area contributed by atoms with Crippen LogP contribution in [0.5, 0.6) is 0 Å². The third-order valence-electron chi connectivity index (χ3n) is 5.78. The van der Waals surface area contributed by atoms with Gasteiger partial charge < -0.3 is 21.7 Å². The molecule has 0 saturated heterocycles. The van der Waals surface area contributed by atoms with Gasteiger partial charge in [-0.15, -0.1) is 0 Å². The van der Waals surface area contributed by atoms with Crippen LogP contribution < -0.4 is 16.8 Å². The molecule has 0 spiro atoms. The SMILES string of the molecule is CC(=O)C1CC(CCCCCCCC(=O)N(CCN)CCNCCN)=CC(C)C1. The van der Waals surface area contributed by atoms with Gasteiger partial charge >= 0.3 is 0 Å². The topological polar surface area (TPSA) is 101 Å². The molecule has 168 valence electrons. The molecule has 0 aromatic rings. The molecule has 0 aliphatic heterocycles. The Kier molecular flexibility index (Phi) is 13.9. The van der Waals surface area contributed by atoms with Crippen LogP contribution >= 0.6 is 0 Å². The first-order valence-electron chi connectivity index (χ1n) is 11.6. The van der Waals surface area contributed by atoms with Crippen molar-refractivity contribution in [1.29, 1.82) is 0 Å². The number of nitrogens with zero attached hydrogens (tertiary/aromatic N) is 1. The lowest BCUT2D eigenvalue weighted by molar-refractivity contribution is -0.131. The average Bonchev–Trinajstić information content (AvgIpc) is 2.69. The first-order valence-corrected chi connectivity index (χ1v) is 11.6. The molecule has 29 heavy (non-hydrogen) atoms. The standard InChI is InChI=1S/C23H44N4O2/c1-19-16-21(18-22(17-19)20(2)28)8-6-4-3-5-7-9-23(29)27(14-11-25)15-13-26-12-10-24/h16,19,22,26H,3-15,17-18,24-25H2,1-2H3. The van der Waals surface area contributed by atoms with E-state index in [4.69, 9.17) is 11.5 Å². The minimum atomic E-state index is 0.210. The predicted octanol–water partition coefficient (Wildman–Crippen LogP) is 2.61. The van der Waals surface area contributed by atoms with E-state index < -0.39 is 0 Å². The molecule has 0 bridgehead atoms. The summed E-state index contributed by atoms with van der Waals surface area (Å²) in [5.74, 6) is 1.31. The second kappa shape index (κ2) is 15.6. The van der Waals surface area contributed by atoms with Crippen LogP contribution in [-0.2, 0) is 9.59 Å². The largest absolute Gasteiger partial charge is 0.340 e. The van der Waals surface area contributed by atoms with Gasteiger partial charge in [-0.2, -0.15) is 0 Å². The first kappa shape index (κ1) is 25.8. The first-order chi connectivity index (χ1) is 14.0. The lowest BCUT2D eigenvalue weighted by Crippen LogP contribution is -2.40. The molecular formula is C23H44N4O2. The van der Waals surface area contributed by atoms with E-state index in [-0.39, 0.29) is 11.8 Å². The molecule has 6 nitrogen and oxygen atoms in total. The third kappa shape index (κ3) is 11.5. The van der Waals surface area contributed by atoms with E-state index in [2.05, 4.69) is 18.3 Å². The maximum Gasteiger partial charge on any atom is 0.222 e. The van der Waals surface area contributed by atoms with Crippen LogP contribution in [0.1, 0.15) is 71.6 Å². The lowest BCUT2D eigenvalue weighted by Gasteiger charge is -2.25. The van der Waals surface area contributed by atoms with E-state index >= 15 is 0 Å². The second-order valence-corrected chi connectivity index (χ2v) is 8.53. The van der Waals surface area contributed by atoms with Crippen molar-refractivity contribution in [3.05, 3.63) is 11.6 Å². The predicted molar refractivity (Wildman–Crippen MR) is 121 cm³/mol. The molecule has 1 rings (SSSR count). The lowest BCUT2D eigenvalue weighted by atomic mass is 9.80. The van der Waals surface area contributed by atoms with Gasteiger partial charge in [0.15, 0.2) is 0 Å². The number of carbonyl (C=O) groups excluding carboxylic acids is 2. The fourth-order valence-electron chi connectivity index (χ4n) is 4.16. The highest BCUT2D eigenvalue weighted by atomic mass is 16.2. The van der Waals surface area contributed by atoms with Gasteiger partial charge in [0.1, 0.15) is 5.78 Å². The Morgan fingerprint density at radius 1 is 1.07 bits per heavy atom. The number of nitrogens with two attached hydrogens (primary N) is 2. The molecule has 2 unspecified atom stereocenters. The number of nitrogens with one attached hydrogen (secondary N) is 1. The molecule has 0 heterocycles. The molecule has 2 atom stereocenters. The summed E-state index contributed by atoms with van der Waals surface area (Å²) in [7, 11) is 0. The van der Waals surface area contributed by atoms with E-state index in [0.29, 0.717) is 44.3 Å². The van der Waals surface area contributed by atoms with E-state index in [1.165, 1.54) is 24.8 Å². The Labute approximate surface area is 177 Å². The van der Waals surface area contributed by atoms with Crippen LogP contribution in [0.25, 0.3) is 0 Å². The van der Waals surface area contributed by atoms with Gasteiger partial charge in [-0.25, -0.2) is 0 Å². The summed E-state index contributed by atoms with van der Waals surface area (Å²) < 4.78 is 0. The maximum absolute atomic E-state index is 12.4. The van der Waals surface area contributed by atoms with Crippen LogP contribution in [0, 0.1) is 11.8 Å². The Hall–Kier alpha value is -1.24. The summed E-state index contributed by atoms with van der Waals surface area (Å²) in [6, 6.07) is 0. The molecule has 1 aliphatic rings. The van der Waals surface area contributed by atoms with Crippen molar-refractivity contribution >= 4 is 11.7 Å². The van der Waals surface area contributed by atoms with Crippen molar-refractivity contribution in [3.8, 4) is 0 Å². The van der Waals surface area contributed by atoms with Crippen LogP contribution in [0.3, 0.4) is 0 Å². The number of rotatable bonds is 16. The zero-order valence-corrected chi connectivity index (χ0v) is 18.8. The Balaban J connectivity index is 2.14. The number of carbonyl (C=O) groups is 2. The van der Waals surface area contributed by atoms with Crippen molar-refractivity contribution < 1.29 is 9.59 Å². The Morgan fingerprint density at radius 2 is 1.79 bits per heavy atom. The van der Waals surface area contributed by atoms with E-state index in [9.17, 15) is 9.59 Å². The van der Waals surface area contributed by atoms with Gasteiger partial charge in [0.05, 0.1) is 0 Å².